The number of rotatable bonds is 12. The molecule has 0 unspecified atom stereocenters. The average Bonchev–Trinajstić information content (AvgIpc) is 3.45. The third-order valence-corrected chi connectivity index (χ3v) is 9.49. The van der Waals surface area contributed by atoms with Gasteiger partial charge < -0.3 is 24.3 Å². The number of pyridine rings is 1. The lowest BCUT2D eigenvalue weighted by atomic mass is 10.1. The Balaban J connectivity index is 1.83. The number of aryl methyl sites for hydroxylation is 3. The molecule has 1 aromatic heterocycles. The minimum absolute atomic E-state index is 0.0308. The van der Waals surface area contributed by atoms with Gasteiger partial charge in [-0.2, -0.15) is 4.72 Å². The van der Waals surface area contributed by atoms with Crippen LogP contribution >= 0.6 is 0 Å². The molecule has 1 saturated heterocycles. The first kappa shape index (κ1) is 44.3. The molecule has 1 aliphatic heterocycles. The van der Waals surface area contributed by atoms with Gasteiger partial charge in [-0.05, 0) is 113 Å². The van der Waals surface area contributed by atoms with Crippen molar-refractivity contribution in [3.63, 3.8) is 0 Å². The lowest BCUT2D eigenvalue weighted by Gasteiger charge is -2.30. The molecule has 1 aliphatic rings. The van der Waals surface area contributed by atoms with Gasteiger partial charge in [-0.25, -0.2) is 27.9 Å². The smallest absolute Gasteiger partial charge is 0.417 e. The summed E-state index contributed by atoms with van der Waals surface area (Å²) >= 11 is 0. The molecule has 2 heterocycles. The Bertz CT molecular complexity index is 1740. The van der Waals surface area contributed by atoms with Crippen molar-refractivity contribution in [1.82, 2.24) is 19.9 Å². The Morgan fingerprint density at radius 3 is 2.00 bits per heavy atom. The van der Waals surface area contributed by atoms with E-state index in [1.54, 1.807) is 113 Å². The van der Waals surface area contributed by atoms with Gasteiger partial charge in [0.05, 0.1) is 17.5 Å². The Hall–Kier alpha value is -4.12. The number of esters is 1. The van der Waals surface area contributed by atoms with Gasteiger partial charge in [0.15, 0.2) is 0 Å². The molecule has 15 nitrogen and oxygen atoms in total. The van der Waals surface area contributed by atoms with E-state index in [2.05, 4.69) is 15.0 Å². The third-order valence-electron chi connectivity index (χ3n) is 7.71. The van der Waals surface area contributed by atoms with Crippen LogP contribution in [-0.4, -0.2) is 104 Å². The van der Waals surface area contributed by atoms with Gasteiger partial charge in [0, 0.05) is 25.3 Å². The van der Waals surface area contributed by atoms with Crippen LogP contribution in [0.1, 0.15) is 85.4 Å². The van der Waals surface area contributed by atoms with E-state index in [9.17, 15) is 27.6 Å². The van der Waals surface area contributed by atoms with Crippen LogP contribution in [0.15, 0.2) is 41.4 Å². The van der Waals surface area contributed by atoms with Crippen molar-refractivity contribution in [1.29, 1.82) is 0 Å². The normalized spacial score (nSPS) is 17.0. The molecule has 0 aliphatic carbocycles. The Morgan fingerprint density at radius 2 is 1.46 bits per heavy atom. The van der Waals surface area contributed by atoms with E-state index in [4.69, 9.17) is 18.9 Å². The van der Waals surface area contributed by atoms with E-state index in [-0.39, 0.29) is 17.5 Å². The molecule has 1 aromatic carbocycles. The second-order valence-electron chi connectivity index (χ2n) is 16.5. The van der Waals surface area contributed by atoms with Crippen LogP contribution in [0.2, 0.25) is 0 Å². The molecule has 2 aromatic rings. The highest BCUT2D eigenvalue weighted by Crippen LogP contribution is 2.24. The Morgan fingerprint density at radius 1 is 0.889 bits per heavy atom. The van der Waals surface area contributed by atoms with Crippen LogP contribution in [0.25, 0.3) is 0 Å². The van der Waals surface area contributed by atoms with E-state index in [0.29, 0.717) is 34.8 Å². The number of hydrogen-bond donors (Lipinski definition) is 2. The maximum atomic E-state index is 13.8. The molecule has 54 heavy (non-hydrogen) atoms. The van der Waals surface area contributed by atoms with E-state index < -0.39 is 76.2 Å². The number of ether oxygens (including phenoxy) is 4. The molecule has 1 fully saturated rings. The third kappa shape index (κ3) is 13.6. The molecule has 0 bridgehead atoms. The summed E-state index contributed by atoms with van der Waals surface area (Å²) in [5.74, 6) is -1.46. The van der Waals surface area contributed by atoms with Crippen molar-refractivity contribution in [2.24, 2.45) is 0 Å². The minimum Gasteiger partial charge on any atom is -0.459 e. The zero-order chi connectivity index (χ0) is 40.8. The molecular weight excluding hydrogens is 719 g/mol. The predicted molar refractivity (Wildman–Crippen MR) is 203 cm³/mol. The van der Waals surface area contributed by atoms with E-state index in [1.165, 1.54) is 4.90 Å². The zero-order valence-electron chi connectivity index (χ0n) is 33.6. The minimum atomic E-state index is -4.37. The van der Waals surface area contributed by atoms with Crippen molar-refractivity contribution >= 4 is 39.9 Å². The number of aromatic nitrogens is 1. The van der Waals surface area contributed by atoms with Gasteiger partial charge in [-0.15, -0.1) is 0 Å². The summed E-state index contributed by atoms with van der Waals surface area (Å²) in [5.41, 5.74) is -1.04. The molecule has 2 N–H and O–H groups in total. The largest absolute Gasteiger partial charge is 0.459 e. The number of carbonyl (C=O) groups excluding carboxylic acids is 4. The number of anilines is 1. The fraction of sp³-hybridized carbons (Fsp3) is 0.605. The molecule has 0 radical (unpaired) electrons. The van der Waals surface area contributed by atoms with Gasteiger partial charge in [0.25, 0.3) is 5.91 Å². The first-order chi connectivity index (χ1) is 24.7. The van der Waals surface area contributed by atoms with Crippen molar-refractivity contribution in [3.8, 4) is 0 Å². The molecule has 0 saturated carbocycles. The van der Waals surface area contributed by atoms with Crippen molar-refractivity contribution in [2.75, 3.05) is 31.1 Å². The standard InChI is InChI=1S/C38H57N5O10S/c1-24-17-25(2)32(26(3)18-24)54(48,49)41-29(33(45)51-36(4,5)6)22-43(35(47)53-38(10,11)12)31(44)23-50-28-19-27(40-20-28)21-42(30-15-13-14-16-39-30)34(46)52-37(7,8)9/h13-18,27-29,40-41H,19-23H2,1-12H3/t27-,28+,29-/m0/s1. The number of sulfonamides is 1. The van der Waals surface area contributed by atoms with Gasteiger partial charge in [-0.3, -0.25) is 14.5 Å². The fourth-order valence-electron chi connectivity index (χ4n) is 5.78. The van der Waals surface area contributed by atoms with Gasteiger partial charge in [0.1, 0.15) is 35.3 Å². The van der Waals surface area contributed by atoms with Gasteiger partial charge in [0.2, 0.25) is 10.0 Å². The molecule has 0 spiro atoms. The second-order valence-corrected chi connectivity index (χ2v) is 18.1. The maximum absolute atomic E-state index is 13.8. The summed E-state index contributed by atoms with van der Waals surface area (Å²) in [7, 11) is -4.37. The number of carbonyl (C=O) groups is 4. The summed E-state index contributed by atoms with van der Waals surface area (Å²) in [5, 5.41) is 3.30. The highest BCUT2D eigenvalue weighted by Gasteiger charge is 2.38. The fourth-order valence-corrected chi connectivity index (χ4v) is 7.40. The highest BCUT2D eigenvalue weighted by molar-refractivity contribution is 7.89. The van der Waals surface area contributed by atoms with Gasteiger partial charge >= 0.3 is 18.2 Å². The first-order valence-corrected chi connectivity index (χ1v) is 19.4. The molecule has 16 heteroatoms. The number of imide groups is 1. The number of benzene rings is 1. The van der Waals surface area contributed by atoms with Crippen LogP contribution in [0.4, 0.5) is 15.4 Å². The number of nitrogens with zero attached hydrogens (tertiary/aromatic N) is 3. The molecule has 3 amide bonds. The SMILES string of the molecule is Cc1cc(C)c(S(=O)(=O)N[C@@H](CN(C(=O)CO[C@H]2CN[C@H](CN(C(=O)OC(C)(C)C)c3ccccn3)C2)C(=O)OC(C)(C)C)C(=O)OC(C)(C)C)c(C)c1. The van der Waals surface area contributed by atoms with Gasteiger partial charge in [-0.1, -0.05) is 23.8 Å². The van der Waals surface area contributed by atoms with Crippen LogP contribution in [0, 0.1) is 20.8 Å². The average molecular weight is 776 g/mol. The summed E-state index contributed by atoms with van der Waals surface area (Å²) in [6, 6.07) is 6.64. The Labute approximate surface area is 319 Å². The van der Waals surface area contributed by atoms with E-state index in [1.807, 2.05) is 6.92 Å². The summed E-state index contributed by atoms with van der Waals surface area (Å²) in [4.78, 5) is 60.4. The summed E-state index contributed by atoms with van der Waals surface area (Å²) < 4.78 is 52.7. The van der Waals surface area contributed by atoms with Crippen molar-refractivity contribution < 1.29 is 46.5 Å². The molecule has 3 atom stereocenters. The Kier molecular flexibility index (Phi) is 14.4. The van der Waals surface area contributed by atoms with E-state index >= 15 is 0 Å². The monoisotopic (exact) mass is 775 g/mol. The highest BCUT2D eigenvalue weighted by atomic mass is 32.2. The first-order valence-electron chi connectivity index (χ1n) is 17.9. The molecule has 300 valence electrons. The number of nitrogens with one attached hydrogen (secondary N) is 2. The van der Waals surface area contributed by atoms with Crippen molar-refractivity contribution in [2.45, 2.75) is 129 Å². The van der Waals surface area contributed by atoms with Crippen LogP contribution in [-0.2, 0) is 38.6 Å². The summed E-state index contributed by atoms with van der Waals surface area (Å²) in [6.45, 7) is 19.3. The summed E-state index contributed by atoms with van der Waals surface area (Å²) in [6.07, 6.45) is -0.209. The van der Waals surface area contributed by atoms with Crippen LogP contribution < -0.4 is 14.9 Å². The molecule has 3 rings (SSSR count). The molecular formula is C38H57N5O10S. The maximum Gasteiger partial charge on any atom is 0.417 e. The van der Waals surface area contributed by atoms with Crippen molar-refractivity contribution in [3.05, 3.63) is 53.2 Å². The lowest BCUT2D eigenvalue weighted by Crippen LogP contribution is -2.54. The quantitative estimate of drug-likeness (QED) is 0.219. The zero-order valence-corrected chi connectivity index (χ0v) is 34.4. The number of amides is 3. The van der Waals surface area contributed by atoms with E-state index in [0.717, 1.165) is 5.56 Å². The predicted octanol–water partition coefficient (Wildman–Crippen LogP) is 4.95. The second kappa shape index (κ2) is 17.6. The van der Waals surface area contributed by atoms with Crippen LogP contribution in [0.5, 0.6) is 0 Å². The van der Waals surface area contributed by atoms with Crippen LogP contribution in [0.3, 0.4) is 0 Å². The topological polar surface area (TPSA) is 183 Å². The lowest BCUT2D eigenvalue weighted by molar-refractivity contribution is -0.157. The number of hydrogen-bond acceptors (Lipinski definition) is 12.